The second kappa shape index (κ2) is 7.03. The van der Waals surface area contributed by atoms with Crippen molar-refractivity contribution in [1.29, 1.82) is 0 Å². The van der Waals surface area contributed by atoms with Crippen molar-refractivity contribution in [3.63, 3.8) is 0 Å². The Hall–Kier alpha value is -0.330. The van der Waals surface area contributed by atoms with Gasteiger partial charge in [0.05, 0.1) is 0 Å². The molecule has 0 saturated heterocycles. The summed E-state index contributed by atoms with van der Waals surface area (Å²) in [7, 11) is 0. The largest absolute Gasteiger partial charge is 0.303 e. The maximum atomic E-state index is 10.7. The van der Waals surface area contributed by atoms with Crippen LogP contribution < -0.4 is 0 Å². The minimum absolute atomic E-state index is 0.288. The molecule has 0 aromatic carbocycles. The molecule has 0 heterocycles. The monoisotopic (exact) mass is 198 g/mol. The van der Waals surface area contributed by atoms with Crippen molar-refractivity contribution in [2.24, 2.45) is 11.3 Å². The zero-order valence-corrected chi connectivity index (χ0v) is 10.3. The summed E-state index contributed by atoms with van der Waals surface area (Å²) in [5, 5.41) is 0. The van der Waals surface area contributed by atoms with E-state index in [1.165, 1.54) is 25.7 Å². The highest BCUT2D eigenvalue weighted by Crippen LogP contribution is 2.30. The van der Waals surface area contributed by atoms with Crippen LogP contribution in [0.2, 0.25) is 0 Å². The van der Waals surface area contributed by atoms with Gasteiger partial charge in [-0.15, -0.1) is 0 Å². The second-order valence-electron chi connectivity index (χ2n) is 5.11. The molecule has 0 aliphatic heterocycles. The van der Waals surface area contributed by atoms with E-state index in [1.807, 2.05) is 0 Å². The van der Waals surface area contributed by atoms with Gasteiger partial charge in [-0.3, -0.25) is 0 Å². The van der Waals surface area contributed by atoms with Crippen molar-refractivity contribution in [2.75, 3.05) is 0 Å². The van der Waals surface area contributed by atoms with E-state index in [-0.39, 0.29) is 5.92 Å². The minimum Gasteiger partial charge on any atom is -0.303 e. The lowest BCUT2D eigenvalue weighted by Gasteiger charge is -2.25. The molecule has 0 bridgehead atoms. The van der Waals surface area contributed by atoms with Crippen LogP contribution in [-0.4, -0.2) is 6.29 Å². The first-order valence-electron chi connectivity index (χ1n) is 6.01. The van der Waals surface area contributed by atoms with Crippen LogP contribution in [-0.2, 0) is 4.79 Å². The Labute approximate surface area is 89.3 Å². The fourth-order valence-electron chi connectivity index (χ4n) is 1.72. The van der Waals surface area contributed by atoms with Crippen molar-refractivity contribution >= 4 is 6.29 Å². The average molecular weight is 198 g/mol. The Kier molecular flexibility index (Phi) is 6.86. The molecular formula is C13H26O. The first-order valence-corrected chi connectivity index (χ1v) is 6.01. The Morgan fingerprint density at radius 2 is 1.86 bits per heavy atom. The summed E-state index contributed by atoms with van der Waals surface area (Å²) in [6.45, 7) is 8.97. The number of aldehydes is 1. The number of unbranched alkanes of at least 4 members (excludes halogenated alkanes) is 1. The summed E-state index contributed by atoms with van der Waals surface area (Å²) in [6, 6.07) is 0. The molecule has 0 aromatic heterocycles. The van der Waals surface area contributed by atoms with E-state index in [0.717, 1.165) is 19.1 Å². The van der Waals surface area contributed by atoms with Crippen LogP contribution in [0.1, 0.15) is 66.2 Å². The second-order valence-corrected chi connectivity index (χ2v) is 5.11. The molecule has 0 aliphatic carbocycles. The van der Waals surface area contributed by atoms with Crippen molar-refractivity contribution < 1.29 is 4.79 Å². The van der Waals surface area contributed by atoms with E-state index in [9.17, 15) is 4.79 Å². The van der Waals surface area contributed by atoms with Gasteiger partial charge in [-0.1, -0.05) is 40.5 Å². The maximum absolute atomic E-state index is 10.7. The molecule has 1 heteroatoms. The van der Waals surface area contributed by atoms with Gasteiger partial charge in [0.1, 0.15) is 6.29 Å². The van der Waals surface area contributed by atoms with Crippen LogP contribution in [0, 0.1) is 11.3 Å². The molecule has 0 aromatic rings. The first kappa shape index (κ1) is 13.7. The summed E-state index contributed by atoms with van der Waals surface area (Å²) in [6.07, 6.45) is 8.24. The number of carbonyl (C=O) groups excluding carboxylic acids is 1. The van der Waals surface area contributed by atoms with Crippen LogP contribution in [0.25, 0.3) is 0 Å². The lowest BCUT2D eigenvalue weighted by atomic mass is 9.80. The topological polar surface area (TPSA) is 17.1 Å². The van der Waals surface area contributed by atoms with Gasteiger partial charge in [0.2, 0.25) is 0 Å². The van der Waals surface area contributed by atoms with Crippen LogP contribution in [0.15, 0.2) is 0 Å². The molecule has 0 radical (unpaired) electrons. The van der Waals surface area contributed by atoms with E-state index in [4.69, 9.17) is 0 Å². The molecular weight excluding hydrogens is 172 g/mol. The van der Waals surface area contributed by atoms with Gasteiger partial charge in [0.15, 0.2) is 0 Å². The standard InChI is InChI=1S/C13H26O/c1-5-7-9-13(3,4)10-8-12(6-2)11-14/h11-12H,5-10H2,1-4H3. The normalized spacial score (nSPS) is 14.0. The fourth-order valence-corrected chi connectivity index (χ4v) is 1.72. The van der Waals surface area contributed by atoms with E-state index in [1.54, 1.807) is 0 Å². The van der Waals surface area contributed by atoms with E-state index in [2.05, 4.69) is 27.7 Å². The van der Waals surface area contributed by atoms with Gasteiger partial charge in [-0.2, -0.15) is 0 Å². The molecule has 1 unspecified atom stereocenters. The molecule has 0 spiro atoms. The highest BCUT2D eigenvalue weighted by Gasteiger charge is 2.18. The smallest absolute Gasteiger partial charge is 0.123 e. The van der Waals surface area contributed by atoms with Gasteiger partial charge >= 0.3 is 0 Å². The van der Waals surface area contributed by atoms with Gasteiger partial charge in [0, 0.05) is 5.92 Å². The van der Waals surface area contributed by atoms with E-state index >= 15 is 0 Å². The summed E-state index contributed by atoms with van der Waals surface area (Å²) < 4.78 is 0. The number of hydrogen-bond acceptors (Lipinski definition) is 1. The van der Waals surface area contributed by atoms with Crippen LogP contribution in [0.4, 0.5) is 0 Å². The SMILES string of the molecule is CCCCC(C)(C)CCC(C=O)CC. The van der Waals surface area contributed by atoms with Gasteiger partial charge in [-0.25, -0.2) is 0 Å². The number of hydrogen-bond donors (Lipinski definition) is 0. The summed E-state index contributed by atoms with van der Waals surface area (Å²) >= 11 is 0. The van der Waals surface area contributed by atoms with E-state index < -0.39 is 0 Å². The predicted molar refractivity (Wildman–Crippen MR) is 62.4 cm³/mol. The molecule has 14 heavy (non-hydrogen) atoms. The fraction of sp³-hybridized carbons (Fsp3) is 0.923. The molecule has 0 N–H and O–H groups in total. The molecule has 0 rings (SSSR count). The number of carbonyl (C=O) groups is 1. The third-order valence-electron chi connectivity index (χ3n) is 3.12. The molecule has 0 amide bonds. The zero-order chi connectivity index (χ0) is 11.0. The van der Waals surface area contributed by atoms with Crippen LogP contribution >= 0.6 is 0 Å². The van der Waals surface area contributed by atoms with Crippen molar-refractivity contribution in [1.82, 2.24) is 0 Å². The quantitative estimate of drug-likeness (QED) is 0.534. The van der Waals surface area contributed by atoms with Crippen molar-refractivity contribution in [2.45, 2.75) is 66.2 Å². The average Bonchev–Trinajstić information content (AvgIpc) is 2.16. The zero-order valence-electron chi connectivity index (χ0n) is 10.3. The van der Waals surface area contributed by atoms with Gasteiger partial charge in [0.25, 0.3) is 0 Å². The van der Waals surface area contributed by atoms with Gasteiger partial charge in [-0.05, 0) is 31.1 Å². The number of rotatable bonds is 8. The molecule has 1 atom stereocenters. The molecule has 84 valence electrons. The maximum Gasteiger partial charge on any atom is 0.123 e. The van der Waals surface area contributed by atoms with Crippen LogP contribution in [0.5, 0.6) is 0 Å². The Balaban J connectivity index is 3.78. The minimum atomic E-state index is 0.288. The highest BCUT2D eigenvalue weighted by molar-refractivity contribution is 5.53. The Bertz CT molecular complexity index is 149. The lowest BCUT2D eigenvalue weighted by Crippen LogP contribution is -2.14. The van der Waals surface area contributed by atoms with Crippen LogP contribution in [0.3, 0.4) is 0 Å². The van der Waals surface area contributed by atoms with E-state index in [0.29, 0.717) is 5.41 Å². The molecule has 1 nitrogen and oxygen atoms in total. The third-order valence-corrected chi connectivity index (χ3v) is 3.12. The summed E-state index contributed by atoms with van der Waals surface area (Å²) in [5.41, 5.74) is 0.423. The predicted octanol–water partition coefficient (Wildman–Crippen LogP) is 4.21. The highest BCUT2D eigenvalue weighted by atomic mass is 16.1. The van der Waals surface area contributed by atoms with Gasteiger partial charge < -0.3 is 4.79 Å². The first-order chi connectivity index (χ1) is 6.55. The molecule has 0 aliphatic rings. The van der Waals surface area contributed by atoms with Crippen molar-refractivity contribution in [3.8, 4) is 0 Å². The third kappa shape index (κ3) is 6.17. The Morgan fingerprint density at radius 3 is 2.29 bits per heavy atom. The molecule has 0 saturated carbocycles. The molecule has 0 fully saturated rings. The van der Waals surface area contributed by atoms with Crippen molar-refractivity contribution in [3.05, 3.63) is 0 Å². The lowest BCUT2D eigenvalue weighted by molar-refractivity contribution is -0.111. The summed E-state index contributed by atoms with van der Waals surface area (Å²) in [4.78, 5) is 10.7. The Morgan fingerprint density at radius 1 is 1.21 bits per heavy atom. The summed E-state index contributed by atoms with van der Waals surface area (Å²) in [5.74, 6) is 0.288.